The molecule has 0 aromatic carbocycles. The number of nitrogens with zero attached hydrogens (tertiary/aromatic N) is 1. The lowest BCUT2D eigenvalue weighted by molar-refractivity contribution is 0.0426. The second-order valence-corrected chi connectivity index (χ2v) is 4.17. The van der Waals surface area contributed by atoms with Crippen LogP contribution in [-0.2, 0) is 4.74 Å². The third kappa shape index (κ3) is 4.40. The minimum atomic E-state index is 0.752. The first-order valence-electron chi connectivity index (χ1n) is 5.82. The first-order chi connectivity index (χ1) is 6.84. The summed E-state index contributed by atoms with van der Waals surface area (Å²) in [6.45, 7) is 3.93. The van der Waals surface area contributed by atoms with Crippen LogP contribution in [-0.4, -0.2) is 44.3 Å². The summed E-state index contributed by atoms with van der Waals surface area (Å²) in [6, 6.07) is 0.752. The number of ether oxygens (including phenoxy) is 1. The number of nitrogens with two attached hydrogens (primary N) is 1. The molecule has 0 unspecified atom stereocenters. The fourth-order valence-electron chi connectivity index (χ4n) is 1.99. The zero-order valence-corrected chi connectivity index (χ0v) is 9.37. The van der Waals surface area contributed by atoms with Gasteiger partial charge in [0.1, 0.15) is 0 Å². The van der Waals surface area contributed by atoms with E-state index in [1.165, 1.54) is 38.6 Å². The van der Waals surface area contributed by atoms with E-state index in [2.05, 4.69) is 11.9 Å². The van der Waals surface area contributed by atoms with Crippen molar-refractivity contribution in [2.75, 3.05) is 33.4 Å². The van der Waals surface area contributed by atoms with E-state index < -0.39 is 0 Å². The fourth-order valence-corrected chi connectivity index (χ4v) is 1.99. The van der Waals surface area contributed by atoms with Crippen molar-refractivity contribution in [1.29, 1.82) is 0 Å². The summed E-state index contributed by atoms with van der Waals surface area (Å²) >= 11 is 0. The molecule has 0 amide bonds. The molecule has 1 rings (SSSR count). The predicted octanol–water partition coefficient (Wildman–Crippen LogP) is 1.23. The van der Waals surface area contributed by atoms with Crippen molar-refractivity contribution in [3.05, 3.63) is 0 Å². The summed E-state index contributed by atoms with van der Waals surface area (Å²) in [5.74, 6) is 0. The van der Waals surface area contributed by atoms with Gasteiger partial charge in [0.05, 0.1) is 0 Å². The van der Waals surface area contributed by atoms with Crippen LogP contribution in [0.2, 0.25) is 0 Å². The van der Waals surface area contributed by atoms with Crippen molar-refractivity contribution in [2.45, 2.75) is 38.1 Å². The van der Waals surface area contributed by atoms with Gasteiger partial charge in [-0.1, -0.05) is 6.42 Å². The van der Waals surface area contributed by atoms with Crippen LogP contribution in [0.5, 0.6) is 0 Å². The van der Waals surface area contributed by atoms with Gasteiger partial charge >= 0.3 is 0 Å². The maximum absolute atomic E-state index is 5.46. The molecular weight excluding hydrogens is 176 g/mol. The van der Waals surface area contributed by atoms with Gasteiger partial charge in [0.25, 0.3) is 0 Å². The minimum Gasteiger partial charge on any atom is -0.381 e. The van der Waals surface area contributed by atoms with E-state index in [0.29, 0.717) is 0 Å². The second-order valence-electron chi connectivity index (χ2n) is 4.17. The highest BCUT2D eigenvalue weighted by Gasteiger charge is 2.17. The molecule has 0 spiro atoms. The van der Waals surface area contributed by atoms with Crippen molar-refractivity contribution in [3.63, 3.8) is 0 Å². The smallest absolute Gasteiger partial charge is 0.0480 e. The van der Waals surface area contributed by atoms with Gasteiger partial charge in [0, 0.05) is 19.3 Å². The molecule has 2 N–H and O–H groups in total. The summed E-state index contributed by atoms with van der Waals surface area (Å²) in [6.07, 6.45) is 6.12. The Morgan fingerprint density at radius 3 is 2.57 bits per heavy atom. The molecule has 1 fully saturated rings. The van der Waals surface area contributed by atoms with Crippen LogP contribution in [0.15, 0.2) is 0 Å². The number of rotatable bonds is 6. The molecule has 1 saturated heterocycles. The molecule has 84 valence electrons. The van der Waals surface area contributed by atoms with Gasteiger partial charge in [-0.25, -0.2) is 0 Å². The molecule has 14 heavy (non-hydrogen) atoms. The Morgan fingerprint density at radius 1 is 1.21 bits per heavy atom. The molecule has 0 radical (unpaired) electrons. The quantitative estimate of drug-likeness (QED) is 0.655. The molecule has 0 bridgehead atoms. The largest absolute Gasteiger partial charge is 0.381 e. The van der Waals surface area contributed by atoms with Crippen LogP contribution in [0.25, 0.3) is 0 Å². The molecule has 3 nitrogen and oxygen atoms in total. The Bertz CT molecular complexity index is 135. The van der Waals surface area contributed by atoms with E-state index in [4.69, 9.17) is 10.5 Å². The third-order valence-corrected chi connectivity index (χ3v) is 3.03. The molecule has 0 saturated carbocycles. The Kier molecular flexibility index (Phi) is 6.15. The van der Waals surface area contributed by atoms with Gasteiger partial charge < -0.3 is 15.4 Å². The van der Waals surface area contributed by atoms with Crippen LogP contribution in [0.1, 0.15) is 32.1 Å². The van der Waals surface area contributed by atoms with Crippen LogP contribution < -0.4 is 5.73 Å². The predicted molar refractivity (Wildman–Crippen MR) is 59.4 cm³/mol. The second kappa shape index (κ2) is 7.21. The van der Waals surface area contributed by atoms with Crippen molar-refractivity contribution in [1.82, 2.24) is 4.90 Å². The van der Waals surface area contributed by atoms with E-state index in [1.807, 2.05) is 0 Å². The van der Waals surface area contributed by atoms with E-state index in [9.17, 15) is 0 Å². The lowest BCUT2D eigenvalue weighted by Gasteiger charge is -2.31. The van der Waals surface area contributed by atoms with E-state index >= 15 is 0 Å². The summed E-state index contributed by atoms with van der Waals surface area (Å²) in [5, 5.41) is 0. The van der Waals surface area contributed by atoms with Crippen molar-refractivity contribution in [3.8, 4) is 0 Å². The zero-order chi connectivity index (χ0) is 10.2. The molecule has 1 heterocycles. The SMILES string of the molecule is CN(CCCCCN)C1CCOCC1. The zero-order valence-electron chi connectivity index (χ0n) is 9.37. The highest BCUT2D eigenvalue weighted by Crippen LogP contribution is 2.13. The van der Waals surface area contributed by atoms with Crippen molar-refractivity contribution >= 4 is 0 Å². The van der Waals surface area contributed by atoms with Crippen LogP contribution in [0, 0.1) is 0 Å². The van der Waals surface area contributed by atoms with Crippen molar-refractivity contribution < 1.29 is 4.74 Å². The van der Waals surface area contributed by atoms with Crippen molar-refractivity contribution in [2.24, 2.45) is 5.73 Å². The fraction of sp³-hybridized carbons (Fsp3) is 1.00. The number of hydrogen-bond donors (Lipinski definition) is 1. The Labute approximate surface area is 87.6 Å². The highest BCUT2D eigenvalue weighted by molar-refractivity contribution is 4.71. The molecule has 0 aromatic rings. The maximum atomic E-state index is 5.46. The Hall–Kier alpha value is -0.120. The summed E-state index contributed by atoms with van der Waals surface area (Å²) in [5.41, 5.74) is 5.46. The monoisotopic (exact) mass is 200 g/mol. The number of unbranched alkanes of at least 4 members (excludes halogenated alkanes) is 2. The summed E-state index contributed by atoms with van der Waals surface area (Å²) in [4.78, 5) is 2.49. The topological polar surface area (TPSA) is 38.5 Å². The first kappa shape index (κ1) is 12.0. The standard InChI is InChI=1S/C11H24N2O/c1-13(8-4-2-3-7-12)11-5-9-14-10-6-11/h11H,2-10,12H2,1H3. The first-order valence-corrected chi connectivity index (χ1v) is 5.82. The summed E-state index contributed by atoms with van der Waals surface area (Å²) < 4.78 is 5.35. The van der Waals surface area contributed by atoms with E-state index in [-0.39, 0.29) is 0 Å². The van der Waals surface area contributed by atoms with Gasteiger partial charge in [-0.15, -0.1) is 0 Å². The van der Waals surface area contributed by atoms with Crippen LogP contribution in [0.4, 0.5) is 0 Å². The maximum Gasteiger partial charge on any atom is 0.0480 e. The molecular formula is C11H24N2O. The molecule has 0 atom stereocenters. The lowest BCUT2D eigenvalue weighted by Crippen LogP contribution is -2.37. The van der Waals surface area contributed by atoms with E-state index in [1.54, 1.807) is 0 Å². The van der Waals surface area contributed by atoms with Gasteiger partial charge in [-0.3, -0.25) is 0 Å². The van der Waals surface area contributed by atoms with Crippen LogP contribution >= 0.6 is 0 Å². The van der Waals surface area contributed by atoms with E-state index in [0.717, 1.165) is 25.8 Å². The average molecular weight is 200 g/mol. The average Bonchev–Trinajstić information content (AvgIpc) is 2.25. The Morgan fingerprint density at radius 2 is 1.93 bits per heavy atom. The van der Waals surface area contributed by atoms with Gasteiger partial charge in [-0.2, -0.15) is 0 Å². The molecule has 1 aliphatic rings. The van der Waals surface area contributed by atoms with Gasteiger partial charge in [0.15, 0.2) is 0 Å². The minimum absolute atomic E-state index is 0.752. The molecule has 1 aliphatic heterocycles. The highest BCUT2D eigenvalue weighted by atomic mass is 16.5. The lowest BCUT2D eigenvalue weighted by atomic mass is 10.1. The third-order valence-electron chi connectivity index (χ3n) is 3.03. The number of hydrogen-bond acceptors (Lipinski definition) is 3. The molecule has 3 heteroatoms. The normalized spacial score (nSPS) is 19.1. The van der Waals surface area contributed by atoms with Gasteiger partial charge in [-0.05, 0) is 45.8 Å². The van der Waals surface area contributed by atoms with Crippen LogP contribution in [0.3, 0.4) is 0 Å². The van der Waals surface area contributed by atoms with Gasteiger partial charge in [0.2, 0.25) is 0 Å². The molecule has 0 aliphatic carbocycles. The Balaban J connectivity index is 2.04. The molecule has 0 aromatic heterocycles. The summed E-state index contributed by atoms with van der Waals surface area (Å²) in [7, 11) is 2.23.